The van der Waals surface area contributed by atoms with E-state index in [0.29, 0.717) is 0 Å². The zero-order valence-electron chi connectivity index (χ0n) is 13.2. The predicted octanol–water partition coefficient (Wildman–Crippen LogP) is 3.02. The Morgan fingerprint density at radius 1 is 1.04 bits per heavy atom. The normalized spacial score (nSPS) is 13.2. The summed E-state index contributed by atoms with van der Waals surface area (Å²) < 4.78 is 0. The Kier molecular flexibility index (Phi) is 4.78. The molecule has 2 rings (SSSR count). The number of hydrogen-bond donors (Lipinski definition) is 0. The summed E-state index contributed by atoms with van der Waals surface area (Å²) in [7, 11) is 3.67. The van der Waals surface area contributed by atoms with E-state index in [1.165, 1.54) is 12.2 Å². The summed E-state index contributed by atoms with van der Waals surface area (Å²) in [4.78, 5) is 1.84. The van der Waals surface area contributed by atoms with Gasteiger partial charge in [0.25, 0.3) is 0 Å². The molecule has 1 aliphatic rings. The van der Waals surface area contributed by atoms with Crippen LogP contribution in [0.5, 0.6) is 0 Å². The van der Waals surface area contributed by atoms with Crippen LogP contribution in [0.25, 0.3) is 16.6 Å². The predicted molar refractivity (Wildman–Crippen MR) is 91.8 cm³/mol. The van der Waals surface area contributed by atoms with Gasteiger partial charge in [-0.2, -0.15) is 15.8 Å². The second-order valence-corrected chi connectivity index (χ2v) is 5.18. The lowest BCUT2D eigenvalue weighted by Gasteiger charge is -2.17. The van der Waals surface area contributed by atoms with Gasteiger partial charge < -0.3 is 10.3 Å². The molecule has 1 aliphatic carbocycles. The first-order valence-corrected chi connectivity index (χ1v) is 6.99. The monoisotopic (exact) mass is 310 g/mol. The first-order chi connectivity index (χ1) is 11.6. The Bertz CT molecular complexity index is 946. The molecule has 0 unspecified atom stereocenters. The molecule has 114 valence electrons. The number of rotatable bonds is 3. The molecule has 0 amide bonds. The maximum absolute atomic E-state index is 9.06. The van der Waals surface area contributed by atoms with Crippen molar-refractivity contribution in [3.05, 3.63) is 69.8 Å². The van der Waals surface area contributed by atoms with Crippen LogP contribution in [0, 0.1) is 34.0 Å². The van der Waals surface area contributed by atoms with Crippen LogP contribution in [-0.2, 0) is 0 Å². The van der Waals surface area contributed by atoms with Crippen LogP contribution in [0.4, 0.5) is 0 Å². The van der Waals surface area contributed by atoms with E-state index in [1.807, 2.05) is 67.3 Å². The van der Waals surface area contributed by atoms with Crippen LogP contribution < -0.4 is 0 Å². The number of allylic oxidation sites excluding steroid dienone is 6. The maximum atomic E-state index is 9.06. The molecule has 0 fully saturated rings. The van der Waals surface area contributed by atoms with Crippen LogP contribution >= 0.6 is 0 Å². The van der Waals surface area contributed by atoms with Gasteiger partial charge in [0.05, 0.1) is 11.3 Å². The van der Waals surface area contributed by atoms with Crippen LogP contribution in [0.2, 0.25) is 0 Å². The van der Waals surface area contributed by atoms with Gasteiger partial charge in [-0.1, -0.05) is 24.3 Å². The van der Waals surface area contributed by atoms with Gasteiger partial charge in [-0.25, -0.2) is 0 Å². The zero-order valence-corrected chi connectivity index (χ0v) is 13.2. The van der Waals surface area contributed by atoms with E-state index >= 15 is 0 Å². The summed E-state index contributed by atoms with van der Waals surface area (Å²) in [6, 6.07) is 13.1. The lowest BCUT2D eigenvalue weighted by molar-refractivity contribution is 0.539. The first-order valence-electron chi connectivity index (χ1n) is 6.99. The van der Waals surface area contributed by atoms with Crippen molar-refractivity contribution in [2.24, 2.45) is 0 Å². The Hall–Kier alpha value is -3.84. The molecule has 0 aliphatic heterocycles. The van der Waals surface area contributed by atoms with Crippen LogP contribution in [-0.4, -0.2) is 24.9 Å². The van der Waals surface area contributed by atoms with Crippen molar-refractivity contribution >= 4 is 17.0 Å². The van der Waals surface area contributed by atoms with Gasteiger partial charge in [0.15, 0.2) is 0 Å². The van der Waals surface area contributed by atoms with Crippen molar-refractivity contribution in [3.8, 4) is 18.2 Å². The number of fused-ring (bicyclic) bond motifs is 1. The van der Waals surface area contributed by atoms with Crippen molar-refractivity contribution in [3.63, 3.8) is 0 Å². The highest BCUT2D eigenvalue weighted by Crippen LogP contribution is 2.43. The van der Waals surface area contributed by atoms with Crippen molar-refractivity contribution in [2.75, 3.05) is 14.1 Å². The van der Waals surface area contributed by atoms with Crippen molar-refractivity contribution in [1.82, 2.24) is 4.90 Å². The average molecular weight is 310 g/mol. The van der Waals surface area contributed by atoms with E-state index in [2.05, 4.69) is 0 Å². The second kappa shape index (κ2) is 6.95. The van der Waals surface area contributed by atoms with Crippen molar-refractivity contribution in [2.45, 2.75) is 0 Å². The summed E-state index contributed by atoms with van der Waals surface area (Å²) in [6.45, 7) is 0. The van der Waals surface area contributed by atoms with Crippen LogP contribution in [0.15, 0.2) is 53.3 Å². The zero-order chi connectivity index (χ0) is 17.7. The Morgan fingerprint density at radius 3 is 2.17 bits per heavy atom. The summed E-state index contributed by atoms with van der Waals surface area (Å²) in [5, 5.41) is 36.3. The number of hydrogen-bond acceptors (Lipinski definition) is 4. The third kappa shape index (κ3) is 2.87. The first kappa shape index (κ1) is 16.5. The average Bonchev–Trinajstić information content (AvgIpc) is 2.91. The Morgan fingerprint density at radius 2 is 1.67 bits per heavy atom. The number of nitriles is 3. The lowest BCUT2D eigenvalue weighted by atomic mass is 10.0. The van der Waals surface area contributed by atoms with Gasteiger partial charge in [0.1, 0.15) is 23.8 Å². The van der Waals surface area contributed by atoms with Crippen LogP contribution in [0.3, 0.4) is 0 Å². The van der Waals surface area contributed by atoms with E-state index in [9.17, 15) is 0 Å². The fraction of sp³-hybridized carbons (Fsp3) is 0.105. The lowest BCUT2D eigenvalue weighted by Crippen LogP contribution is -2.11. The largest absolute Gasteiger partial charge is 0.762 e. The minimum absolute atomic E-state index is 0.00910. The maximum Gasteiger partial charge on any atom is 0.130 e. The molecule has 5 heteroatoms. The van der Waals surface area contributed by atoms with E-state index in [4.69, 9.17) is 21.2 Å². The fourth-order valence-corrected chi connectivity index (χ4v) is 2.59. The summed E-state index contributed by atoms with van der Waals surface area (Å²) in [5.41, 5.74) is 3.87. The fourth-order valence-electron chi connectivity index (χ4n) is 2.59. The highest BCUT2D eigenvalue weighted by molar-refractivity contribution is 6.04. The van der Waals surface area contributed by atoms with E-state index in [0.717, 1.165) is 28.0 Å². The highest BCUT2D eigenvalue weighted by atomic mass is 15.1. The molecule has 0 aromatic heterocycles. The molecule has 0 spiro atoms. The van der Waals surface area contributed by atoms with Crippen LogP contribution in [0.1, 0.15) is 11.1 Å². The topological polar surface area (TPSA) is 96.9 Å². The smallest absolute Gasteiger partial charge is 0.130 e. The summed E-state index contributed by atoms with van der Waals surface area (Å²) in [6.07, 6.45) is 3.07. The molecule has 0 N–H and O–H groups in total. The molecule has 0 heterocycles. The van der Waals surface area contributed by atoms with Gasteiger partial charge in [-0.3, -0.25) is 5.87 Å². The molecular formula is C19H12N5-. The molecule has 0 bridgehead atoms. The van der Waals surface area contributed by atoms with Crippen molar-refractivity contribution < 1.29 is 0 Å². The van der Waals surface area contributed by atoms with Gasteiger partial charge >= 0.3 is 0 Å². The molecule has 0 atom stereocenters. The van der Waals surface area contributed by atoms with Crippen molar-refractivity contribution in [1.29, 1.82) is 15.8 Å². The molecule has 0 saturated heterocycles. The van der Waals surface area contributed by atoms with Gasteiger partial charge in [0, 0.05) is 25.2 Å². The number of nitrogens with zero attached hydrogens (tertiary/aromatic N) is 5. The van der Waals surface area contributed by atoms with Gasteiger partial charge in [-0.15, -0.1) is 0 Å². The standard InChI is InChI=1S/C19H12N5/c1-24(2)19-17(7-13(9-20)10-21)15-5-3-4-6-16(15)18(19)8-14(11-22)12-23/h3-8H,1-2H3/q-1/b17-7-. The molecule has 24 heavy (non-hydrogen) atoms. The minimum Gasteiger partial charge on any atom is -0.762 e. The van der Waals surface area contributed by atoms with Gasteiger partial charge in [0.2, 0.25) is 0 Å². The number of likely N-dealkylation sites (N-methyl/N-ethyl adjacent to an activating group) is 1. The third-order valence-corrected chi connectivity index (χ3v) is 3.52. The Labute approximate surface area is 140 Å². The third-order valence-electron chi connectivity index (χ3n) is 3.52. The SMILES string of the molecule is CN(C)C1=C(C=C(C#N)C#N)c2ccccc2/C1=C/C(=C=[N-])C#N. The molecule has 0 radical (unpaired) electrons. The minimum atomic E-state index is -0.00910. The quantitative estimate of drug-likeness (QED) is 0.633. The highest BCUT2D eigenvalue weighted by Gasteiger charge is 2.26. The van der Waals surface area contributed by atoms with E-state index in [-0.39, 0.29) is 11.1 Å². The van der Waals surface area contributed by atoms with Gasteiger partial charge in [-0.05, 0) is 23.3 Å². The number of benzene rings is 1. The molecule has 0 saturated carbocycles. The van der Waals surface area contributed by atoms with E-state index in [1.54, 1.807) is 0 Å². The molecule has 5 nitrogen and oxygen atoms in total. The molecule has 1 aromatic rings. The summed E-state index contributed by atoms with van der Waals surface area (Å²) >= 11 is 0. The molecular weight excluding hydrogens is 298 g/mol. The Balaban J connectivity index is 2.87. The second-order valence-electron chi connectivity index (χ2n) is 5.18. The summed E-state index contributed by atoms with van der Waals surface area (Å²) in [5.74, 6) is 1.86. The van der Waals surface area contributed by atoms with E-state index < -0.39 is 0 Å². The molecule has 1 aromatic carbocycles.